The van der Waals surface area contributed by atoms with Crippen molar-refractivity contribution in [2.24, 2.45) is 0 Å². The van der Waals surface area contributed by atoms with Gasteiger partial charge in [0.05, 0.1) is 15.7 Å². The van der Waals surface area contributed by atoms with E-state index < -0.39 is 0 Å². The average Bonchev–Trinajstić information content (AvgIpc) is 2.54. The van der Waals surface area contributed by atoms with E-state index in [2.05, 4.69) is 30.1 Å². The number of benzene rings is 1. The summed E-state index contributed by atoms with van der Waals surface area (Å²) in [5, 5.41) is 0. The monoisotopic (exact) mass is 179 g/mol. The normalized spacial score (nSPS) is 9.25. The molecule has 0 saturated carbocycles. The van der Waals surface area contributed by atoms with Crippen molar-refractivity contribution in [3.8, 4) is 0 Å². The van der Waals surface area contributed by atoms with Crippen LogP contribution in [0, 0.1) is 6.92 Å². The Hall–Kier alpha value is -0.890. The molecule has 0 atom stereocenters. The molecule has 0 bridgehead atoms. The zero-order valence-corrected chi connectivity index (χ0v) is 8.48. The Labute approximate surface area is 77.1 Å². The summed E-state index contributed by atoms with van der Waals surface area (Å²) in [6.07, 6.45) is 0. The number of nitrogens with zero attached hydrogens (tertiary/aromatic N) is 1. The summed E-state index contributed by atoms with van der Waals surface area (Å²) in [4.78, 5) is 4.20. The van der Waals surface area contributed by atoms with Gasteiger partial charge in [0.1, 0.15) is 0 Å². The van der Waals surface area contributed by atoms with Crippen LogP contribution in [0.1, 0.15) is 19.4 Å². The van der Waals surface area contributed by atoms with E-state index in [9.17, 15) is 0 Å². The van der Waals surface area contributed by atoms with E-state index in [1.54, 1.807) is 11.3 Å². The van der Waals surface area contributed by atoms with Crippen LogP contribution in [0.2, 0.25) is 0 Å². The first-order chi connectivity index (χ1) is 5.86. The Morgan fingerprint density at radius 2 is 2.00 bits per heavy atom. The second-order valence-electron chi connectivity index (χ2n) is 2.32. The van der Waals surface area contributed by atoms with Gasteiger partial charge in [-0.05, 0) is 24.6 Å². The molecule has 0 amide bonds. The maximum Gasteiger partial charge on any atom is 0.0814 e. The Bertz CT molecular complexity index is 351. The Morgan fingerprint density at radius 1 is 1.25 bits per heavy atom. The zero-order valence-electron chi connectivity index (χ0n) is 7.66. The highest BCUT2D eigenvalue weighted by atomic mass is 32.1. The summed E-state index contributed by atoms with van der Waals surface area (Å²) < 4.78 is 1.27. The SMILES string of the molecule is CC.Cc1ccc2scnc2c1. The van der Waals surface area contributed by atoms with Crippen LogP contribution < -0.4 is 0 Å². The van der Waals surface area contributed by atoms with Gasteiger partial charge >= 0.3 is 0 Å². The summed E-state index contributed by atoms with van der Waals surface area (Å²) >= 11 is 1.68. The highest BCUT2D eigenvalue weighted by Gasteiger charge is 1.93. The third-order valence-electron chi connectivity index (χ3n) is 1.49. The van der Waals surface area contributed by atoms with Crippen LogP contribution in [0.15, 0.2) is 23.7 Å². The van der Waals surface area contributed by atoms with E-state index in [-0.39, 0.29) is 0 Å². The van der Waals surface area contributed by atoms with Crippen molar-refractivity contribution in [1.82, 2.24) is 4.98 Å². The van der Waals surface area contributed by atoms with E-state index in [4.69, 9.17) is 0 Å². The van der Waals surface area contributed by atoms with Crippen molar-refractivity contribution < 1.29 is 0 Å². The summed E-state index contributed by atoms with van der Waals surface area (Å²) in [6, 6.07) is 6.33. The third-order valence-corrected chi connectivity index (χ3v) is 2.30. The summed E-state index contributed by atoms with van der Waals surface area (Å²) in [5.74, 6) is 0. The zero-order chi connectivity index (χ0) is 8.97. The molecule has 0 aliphatic heterocycles. The van der Waals surface area contributed by atoms with Gasteiger partial charge < -0.3 is 0 Å². The molecule has 0 spiro atoms. The first-order valence-corrected chi connectivity index (χ1v) is 5.04. The van der Waals surface area contributed by atoms with Crippen molar-refractivity contribution in [1.29, 1.82) is 0 Å². The van der Waals surface area contributed by atoms with Crippen LogP contribution >= 0.6 is 11.3 Å². The first-order valence-electron chi connectivity index (χ1n) is 4.16. The Kier molecular flexibility index (Phi) is 3.23. The molecule has 2 aromatic rings. The lowest BCUT2D eigenvalue weighted by Gasteiger charge is -1.88. The van der Waals surface area contributed by atoms with Crippen LogP contribution in [0.3, 0.4) is 0 Å². The molecule has 0 N–H and O–H groups in total. The fraction of sp³-hybridized carbons (Fsp3) is 0.300. The highest BCUT2D eigenvalue weighted by Crippen LogP contribution is 2.17. The van der Waals surface area contributed by atoms with Crippen LogP contribution in [-0.4, -0.2) is 4.98 Å². The van der Waals surface area contributed by atoms with Crippen molar-refractivity contribution in [2.75, 3.05) is 0 Å². The quantitative estimate of drug-likeness (QED) is 0.601. The Morgan fingerprint density at radius 3 is 2.75 bits per heavy atom. The minimum Gasteiger partial charge on any atom is -0.245 e. The number of thiazole rings is 1. The maximum absolute atomic E-state index is 4.20. The standard InChI is InChI=1S/C8H7NS.C2H6/c1-6-2-3-8-7(4-6)9-5-10-8;1-2/h2-5H,1H3;1-2H3. The lowest BCUT2D eigenvalue weighted by Crippen LogP contribution is -1.69. The van der Waals surface area contributed by atoms with Gasteiger partial charge in [0.25, 0.3) is 0 Å². The molecule has 12 heavy (non-hydrogen) atoms. The van der Waals surface area contributed by atoms with E-state index >= 15 is 0 Å². The summed E-state index contributed by atoms with van der Waals surface area (Å²) in [5.41, 5.74) is 4.27. The average molecular weight is 179 g/mol. The van der Waals surface area contributed by atoms with Crippen LogP contribution in [0.25, 0.3) is 10.2 Å². The largest absolute Gasteiger partial charge is 0.245 e. The summed E-state index contributed by atoms with van der Waals surface area (Å²) in [7, 11) is 0. The molecular formula is C10H13NS. The van der Waals surface area contributed by atoms with Gasteiger partial charge in [0.2, 0.25) is 0 Å². The number of fused-ring (bicyclic) bond motifs is 1. The minimum absolute atomic E-state index is 1.12. The van der Waals surface area contributed by atoms with Crippen molar-refractivity contribution in [2.45, 2.75) is 20.8 Å². The van der Waals surface area contributed by atoms with Gasteiger partial charge in [-0.3, -0.25) is 0 Å². The number of hydrogen-bond acceptors (Lipinski definition) is 2. The fourth-order valence-corrected chi connectivity index (χ4v) is 1.63. The van der Waals surface area contributed by atoms with Gasteiger partial charge in [0.15, 0.2) is 0 Å². The second kappa shape index (κ2) is 4.21. The number of rotatable bonds is 0. The van der Waals surface area contributed by atoms with Crippen LogP contribution in [0.5, 0.6) is 0 Å². The molecule has 0 aliphatic rings. The molecule has 1 heterocycles. The van der Waals surface area contributed by atoms with Crippen LogP contribution in [-0.2, 0) is 0 Å². The molecule has 0 aliphatic carbocycles. The van der Waals surface area contributed by atoms with Crippen molar-refractivity contribution in [3.05, 3.63) is 29.3 Å². The predicted molar refractivity (Wildman–Crippen MR) is 55.7 cm³/mol. The van der Waals surface area contributed by atoms with Gasteiger partial charge in [-0.2, -0.15) is 0 Å². The predicted octanol–water partition coefficient (Wildman–Crippen LogP) is 3.63. The lowest BCUT2D eigenvalue weighted by atomic mass is 10.2. The lowest BCUT2D eigenvalue weighted by molar-refractivity contribution is 1.45. The highest BCUT2D eigenvalue weighted by molar-refractivity contribution is 7.16. The molecule has 64 valence electrons. The molecule has 2 heteroatoms. The van der Waals surface area contributed by atoms with Gasteiger partial charge in [-0.15, -0.1) is 11.3 Å². The molecule has 2 rings (SSSR count). The van der Waals surface area contributed by atoms with E-state index in [0.29, 0.717) is 0 Å². The smallest absolute Gasteiger partial charge is 0.0814 e. The molecule has 1 nitrogen and oxygen atoms in total. The van der Waals surface area contributed by atoms with Crippen molar-refractivity contribution >= 4 is 21.6 Å². The molecular weight excluding hydrogens is 166 g/mol. The van der Waals surface area contributed by atoms with E-state index in [1.165, 1.54) is 10.3 Å². The molecule has 0 saturated heterocycles. The van der Waals surface area contributed by atoms with Crippen molar-refractivity contribution in [3.63, 3.8) is 0 Å². The van der Waals surface area contributed by atoms with Gasteiger partial charge in [-0.25, -0.2) is 4.98 Å². The van der Waals surface area contributed by atoms with Gasteiger partial charge in [-0.1, -0.05) is 19.9 Å². The van der Waals surface area contributed by atoms with E-state index in [1.807, 2.05) is 19.4 Å². The molecule has 1 aromatic heterocycles. The van der Waals surface area contributed by atoms with Crippen LogP contribution in [0.4, 0.5) is 0 Å². The van der Waals surface area contributed by atoms with E-state index in [0.717, 1.165) is 5.52 Å². The third kappa shape index (κ3) is 1.83. The minimum atomic E-state index is 1.12. The maximum atomic E-state index is 4.20. The molecule has 0 radical (unpaired) electrons. The topological polar surface area (TPSA) is 12.9 Å². The summed E-state index contributed by atoms with van der Waals surface area (Å²) in [6.45, 7) is 6.08. The molecule has 0 unspecified atom stereocenters. The number of aryl methyl sites for hydroxylation is 1. The van der Waals surface area contributed by atoms with Gasteiger partial charge in [0, 0.05) is 0 Å². The Balaban J connectivity index is 0.000000336. The second-order valence-corrected chi connectivity index (χ2v) is 3.21. The molecule has 1 aromatic carbocycles. The first kappa shape index (κ1) is 9.20. The number of aromatic nitrogens is 1. The molecule has 0 fully saturated rings. The number of hydrogen-bond donors (Lipinski definition) is 0. The fourth-order valence-electron chi connectivity index (χ4n) is 0.968.